The minimum Gasteiger partial charge on any atom is -0.465 e. The lowest BCUT2D eigenvalue weighted by Crippen LogP contribution is -2.42. The number of rotatable bonds is 5. The van der Waals surface area contributed by atoms with Crippen molar-refractivity contribution >= 4 is 17.3 Å². The van der Waals surface area contributed by atoms with E-state index in [-0.39, 0.29) is 5.97 Å². The normalized spacial score (nSPS) is 16.5. The minimum atomic E-state index is -0.337. The van der Waals surface area contributed by atoms with E-state index in [0.717, 1.165) is 37.7 Å². The number of hydrogen-bond donors (Lipinski definition) is 1. The highest BCUT2D eigenvalue weighted by molar-refractivity contribution is 7.13. The van der Waals surface area contributed by atoms with Gasteiger partial charge in [-0.2, -0.15) is 0 Å². The summed E-state index contributed by atoms with van der Waals surface area (Å²) in [4.78, 5) is 19.1. The summed E-state index contributed by atoms with van der Waals surface area (Å²) in [6.07, 6.45) is 0. The van der Waals surface area contributed by atoms with Gasteiger partial charge in [-0.05, 0) is 0 Å². The highest BCUT2D eigenvalue weighted by Crippen LogP contribution is 2.22. The van der Waals surface area contributed by atoms with Crippen LogP contribution >= 0.6 is 11.3 Å². The molecule has 1 fully saturated rings. The number of carbonyl (C=O) groups is 1. The molecule has 106 valence electrons. The van der Waals surface area contributed by atoms with E-state index in [9.17, 15) is 4.79 Å². The van der Waals surface area contributed by atoms with E-state index >= 15 is 0 Å². The highest BCUT2D eigenvalue weighted by atomic mass is 32.1. The lowest BCUT2D eigenvalue weighted by Gasteiger charge is -2.26. The lowest BCUT2D eigenvalue weighted by atomic mass is 10.3. The molecule has 1 aliphatic heterocycles. The van der Waals surface area contributed by atoms with Crippen LogP contribution < -0.4 is 5.32 Å². The molecule has 2 rings (SSSR count). The molecule has 0 amide bonds. The van der Waals surface area contributed by atoms with Crippen LogP contribution in [0.25, 0.3) is 0 Å². The molecule has 0 atom stereocenters. The number of carbonyl (C=O) groups excluding carboxylic acids is 1. The molecular formula is C12H19N3O3S. The Morgan fingerprint density at radius 1 is 1.42 bits per heavy atom. The average molecular weight is 285 g/mol. The molecule has 0 unspecified atom stereocenters. The molecule has 0 radical (unpaired) electrons. The van der Waals surface area contributed by atoms with E-state index in [1.807, 2.05) is 0 Å². The molecule has 7 heteroatoms. The summed E-state index contributed by atoms with van der Waals surface area (Å²) in [6, 6.07) is 0. The summed E-state index contributed by atoms with van der Waals surface area (Å²) in [5.41, 5.74) is 0.671. The smallest absolute Gasteiger partial charge is 0.350 e. The quantitative estimate of drug-likeness (QED) is 0.794. The van der Waals surface area contributed by atoms with Gasteiger partial charge in [0.25, 0.3) is 0 Å². The Bertz CT molecular complexity index is 430. The van der Waals surface area contributed by atoms with Gasteiger partial charge in [-0.3, -0.25) is 4.90 Å². The second kappa shape index (κ2) is 6.95. The van der Waals surface area contributed by atoms with Gasteiger partial charge in [0.05, 0.1) is 26.0 Å². The Morgan fingerprint density at radius 3 is 2.79 bits per heavy atom. The van der Waals surface area contributed by atoms with E-state index in [0.29, 0.717) is 17.2 Å². The third kappa shape index (κ3) is 3.73. The first-order chi connectivity index (χ1) is 9.24. The van der Waals surface area contributed by atoms with Crippen LogP contribution in [-0.2, 0) is 22.6 Å². The van der Waals surface area contributed by atoms with Crippen LogP contribution in [0.2, 0.25) is 0 Å². The van der Waals surface area contributed by atoms with Crippen molar-refractivity contribution in [2.45, 2.75) is 13.2 Å². The Morgan fingerprint density at radius 2 is 2.16 bits per heavy atom. The van der Waals surface area contributed by atoms with Gasteiger partial charge in [0, 0.05) is 33.3 Å². The largest absolute Gasteiger partial charge is 0.465 e. The number of nitrogens with zero attached hydrogens (tertiary/aromatic N) is 2. The Hall–Kier alpha value is -1.02. The molecule has 6 nitrogen and oxygen atoms in total. The van der Waals surface area contributed by atoms with E-state index in [1.54, 1.807) is 7.11 Å². The molecule has 2 heterocycles. The number of ether oxygens (including phenoxy) is 2. The van der Waals surface area contributed by atoms with Crippen molar-refractivity contribution < 1.29 is 14.3 Å². The SMILES string of the molecule is COCc1nc(CN2CCNCC2)sc1C(=O)OC. The maximum absolute atomic E-state index is 11.7. The Labute approximate surface area is 116 Å². The summed E-state index contributed by atoms with van der Waals surface area (Å²) >= 11 is 1.40. The molecule has 1 N–H and O–H groups in total. The molecule has 1 aliphatic rings. The van der Waals surface area contributed by atoms with Crippen LogP contribution in [0, 0.1) is 0 Å². The van der Waals surface area contributed by atoms with Crippen molar-refractivity contribution in [1.82, 2.24) is 15.2 Å². The predicted molar refractivity (Wildman–Crippen MR) is 72.3 cm³/mol. The number of hydrogen-bond acceptors (Lipinski definition) is 7. The third-order valence-corrected chi connectivity index (χ3v) is 4.02. The molecule has 0 spiro atoms. The van der Waals surface area contributed by atoms with Gasteiger partial charge in [-0.1, -0.05) is 0 Å². The summed E-state index contributed by atoms with van der Waals surface area (Å²) < 4.78 is 9.86. The van der Waals surface area contributed by atoms with E-state index in [1.165, 1.54) is 18.4 Å². The van der Waals surface area contributed by atoms with Crippen molar-refractivity contribution in [2.75, 3.05) is 40.4 Å². The number of nitrogens with one attached hydrogen (secondary N) is 1. The Balaban J connectivity index is 2.09. The first-order valence-electron chi connectivity index (χ1n) is 6.23. The monoisotopic (exact) mass is 285 g/mol. The minimum absolute atomic E-state index is 0.336. The number of thiazole rings is 1. The topological polar surface area (TPSA) is 63.7 Å². The highest BCUT2D eigenvalue weighted by Gasteiger charge is 2.20. The van der Waals surface area contributed by atoms with Gasteiger partial charge in [0.15, 0.2) is 0 Å². The molecule has 19 heavy (non-hydrogen) atoms. The second-order valence-corrected chi connectivity index (χ2v) is 5.42. The fourth-order valence-electron chi connectivity index (χ4n) is 2.02. The molecule has 1 aromatic rings. The van der Waals surface area contributed by atoms with Crippen molar-refractivity contribution in [3.05, 3.63) is 15.6 Å². The predicted octanol–water partition coefficient (Wildman–Crippen LogP) is 0.481. The summed E-state index contributed by atoms with van der Waals surface area (Å²) in [5, 5.41) is 4.25. The van der Waals surface area contributed by atoms with Gasteiger partial charge < -0.3 is 14.8 Å². The van der Waals surface area contributed by atoms with Gasteiger partial charge in [0.2, 0.25) is 0 Å². The number of esters is 1. The van der Waals surface area contributed by atoms with Crippen LogP contribution in [0.3, 0.4) is 0 Å². The fourth-order valence-corrected chi connectivity index (χ4v) is 3.04. The number of methoxy groups -OCH3 is 2. The summed E-state index contributed by atoms with van der Waals surface area (Å²) in [6.45, 7) is 5.13. The third-order valence-electron chi connectivity index (χ3n) is 2.96. The molecule has 1 aromatic heterocycles. The van der Waals surface area contributed by atoms with Crippen LogP contribution in [0.4, 0.5) is 0 Å². The zero-order valence-electron chi connectivity index (χ0n) is 11.3. The van der Waals surface area contributed by atoms with Gasteiger partial charge in [-0.15, -0.1) is 11.3 Å². The van der Waals surface area contributed by atoms with Crippen molar-refractivity contribution in [3.8, 4) is 0 Å². The van der Waals surface area contributed by atoms with E-state index in [2.05, 4.69) is 15.2 Å². The van der Waals surface area contributed by atoms with Crippen molar-refractivity contribution in [3.63, 3.8) is 0 Å². The van der Waals surface area contributed by atoms with Crippen LogP contribution in [-0.4, -0.2) is 56.3 Å². The zero-order chi connectivity index (χ0) is 13.7. The lowest BCUT2D eigenvalue weighted by molar-refractivity contribution is 0.0601. The molecule has 0 aromatic carbocycles. The average Bonchev–Trinajstić information content (AvgIpc) is 2.82. The zero-order valence-corrected chi connectivity index (χ0v) is 12.1. The fraction of sp³-hybridized carbons (Fsp3) is 0.667. The molecule has 1 saturated heterocycles. The van der Waals surface area contributed by atoms with Crippen LogP contribution in [0.5, 0.6) is 0 Å². The molecule has 0 bridgehead atoms. The maximum Gasteiger partial charge on any atom is 0.350 e. The number of aromatic nitrogens is 1. The standard InChI is InChI=1S/C12H19N3O3S/c1-17-8-9-11(12(16)18-2)19-10(14-9)7-15-5-3-13-4-6-15/h13H,3-8H2,1-2H3. The first kappa shape index (κ1) is 14.4. The summed E-state index contributed by atoms with van der Waals surface area (Å²) in [7, 11) is 2.98. The second-order valence-electron chi connectivity index (χ2n) is 4.33. The van der Waals surface area contributed by atoms with Gasteiger partial charge in [0.1, 0.15) is 9.88 Å². The van der Waals surface area contributed by atoms with Gasteiger partial charge in [-0.25, -0.2) is 9.78 Å². The number of piperazine rings is 1. The molecule has 0 aliphatic carbocycles. The van der Waals surface area contributed by atoms with Gasteiger partial charge >= 0.3 is 5.97 Å². The van der Waals surface area contributed by atoms with Crippen LogP contribution in [0.1, 0.15) is 20.4 Å². The van der Waals surface area contributed by atoms with E-state index in [4.69, 9.17) is 9.47 Å². The van der Waals surface area contributed by atoms with E-state index < -0.39 is 0 Å². The Kier molecular flexibility index (Phi) is 5.26. The van der Waals surface area contributed by atoms with Crippen LogP contribution in [0.15, 0.2) is 0 Å². The van der Waals surface area contributed by atoms with Crippen molar-refractivity contribution in [1.29, 1.82) is 0 Å². The summed E-state index contributed by atoms with van der Waals surface area (Å²) in [5.74, 6) is -0.337. The maximum atomic E-state index is 11.7. The van der Waals surface area contributed by atoms with Crippen molar-refractivity contribution in [2.24, 2.45) is 0 Å². The molecule has 0 saturated carbocycles. The molecular weight excluding hydrogens is 266 g/mol. The first-order valence-corrected chi connectivity index (χ1v) is 7.05.